The van der Waals surface area contributed by atoms with Gasteiger partial charge in [0, 0.05) is 6.42 Å². The number of carbonyl (C=O) groups excluding carboxylic acids is 3. The molecule has 0 aromatic heterocycles. The molecule has 4 rings (SSSR count). The van der Waals surface area contributed by atoms with Gasteiger partial charge >= 0.3 is 12.3 Å². The topological polar surface area (TPSA) is 106 Å². The molecular weight excluding hydrogens is 433 g/mol. The minimum atomic E-state index is -4.85. The highest BCUT2D eigenvalue weighted by molar-refractivity contribution is 6.23. The molecule has 170 valence electrons. The summed E-state index contributed by atoms with van der Waals surface area (Å²) in [6.45, 7) is 4.83. The van der Waals surface area contributed by atoms with Crippen molar-refractivity contribution in [3.8, 4) is 6.07 Å². The summed E-state index contributed by atoms with van der Waals surface area (Å²) >= 11 is 0. The normalized spacial score (nSPS) is 33.3. The van der Waals surface area contributed by atoms with E-state index in [-0.39, 0.29) is 18.7 Å². The van der Waals surface area contributed by atoms with Crippen molar-refractivity contribution in [2.75, 3.05) is 11.5 Å². The van der Waals surface area contributed by atoms with Gasteiger partial charge in [-0.3, -0.25) is 9.59 Å². The zero-order valence-electron chi connectivity index (χ0n) is 17.4. The van der Waals surface area contributed by atoms with Crippen LogP contribution in [0.1, 0.15) is 38.3 Å². The van der Waals surface area contributed by atoms with Gasteiger partial charge in [-0.1, -0.05) is 0 Å². The van der Waals surface area contributed by atoms with Gasteiger partial charge in [0.25, 0.3) is 0 Å². The van der Waals surface area contributed by atoms with Crippen LogP contribution in [0.5, 0.6) is 0 Å². The number of nitriles is 1. The van der Waals surface area contributed by atoms with Gasteiger partial charge in [-0.25, -0.2) is 9.69 Å². The van der Waals surface area contributed by atoms with Gasteiger partial charge in [-0.05, 0) is 39.0 Å². The van der Waals surface area contributed by atoms with Crippen molar-refractivity contribution >= 4 is 23.7 Å². The Hall–Kier alpha value is -3.13. The number of ether oxygens (including phenoxy) is 3. The summed E-state index contributed by atoms with van der Waals surface area (Å²) in [5, 5.41) is 8.99. The minimum Gasteiger partial charge on any atom is -0.435 e. The largest absolute Gasteiger partial charge is 0.508 e. The number of amides is 2. The van der Waals surface area contributed by atoms with Crippen molar-refractivity contribution in [1.82, 2.24) is 0 Å². The monoisotopic (exact) mass is 452 g/mol. The van der Waals surface area contributed by atoms with Crippen molar-refractivity contribution in [3.63, 3.8) is 0 Å². The maximum Gasteiger partial charge on any atom is 0.508 e. The fraction of sp³-hybridized carbons (Fsp3) is 0.524. The Morgan fingerprint density at radius 3 is 2.53 bits per heavy atom. The molecule has 11 heteroatoms. The lowest BCUT2D eigenvalue weighted by Gasteiger charge is -2.34. The van der Waals surface area contributed by atoms with Crippen LogP contribution < -0.4 is 4.90 Å². The lowest BCUT2D eigenvalue weighted by Crippen LogP contribution is -2.50. The van der Waals surface area contributed by atoms with E-state index in [0.29, 0.717) is 11.0 Å². The van der Waals surface area contributed by atoms with Gasteiger partial charge in [-0.15, -0.1) is 0 Å². The first-order valence-electron chi connectivity index (χ1n) is 9.90. The summed E-state index contributed by atoms with van der Waals surface area (Å²) in [5.41, 5.74) is -4.65. The first kappa shape index (κ1) is 22.1. The fourth-order valence-electron chi connectivity index (χ4n) is 5.18. The smallest absolute Gasteiger partial charge is 0.435 e. The minimum absolute atomic E-state index is 0.0812. The van der Waals surface area contributed by atoms with Crippen molar-refractivity contribution in [2.24, 2.45) is 11.8 Å². The second-order valence-electron chi connectivity index (χ2n) is 8.40. The summed E-state index contributed by atoms with van der Waals surface area (Å²) in [7, 11) is 0. The molecule has 1 aromatic carbocycles. The van der Waals surface area contributed by atoms with E-state index in [1.54, 1.807) is 20.8 Å². The Kier molecular flexibility index (Phi) is 4.78. The van der Waals surface area contributed by atoms with Gasteiger partial charge in [0.05, 0.1) is 46.9 Å². The predicted octanol–water partition coefficient (Wildman–Crippen LogP) is 3.18. The van der Waals surface area contributed by atoms with E-state index in [2.05, 4.69) is 0 Å². The predicted molar refractivity (Wildman–Crippen MR) is 100 cm³/mol. The third kappa shape index (κ3) is 2.97. The van der Waals surface area contributed by atoms with Gasteiger partial charge < -0.3 is 14.2 Å². The lowest BCUT2D eigenvalue weighted by atomic mass is 9.67. The van der Waals surface area contributed by atoms with Crippen LogP contribution in [0.3, 0.4) is 0 Å². The Labute approximate surface area is 180 Å². The second kappa shape index (κ2) is 6.93. The average Bonchev–Trinajstić information content (AvgIpc) is 3.21. The summed E-state index contributed by atoms with van der Waals surface area (Å²) in [5.74, 6) is -3.45. The number of imide groups is 1. The van der Waals surface area contributed by atoms with E-state index in [4.69, 9.17) is 19.5 Å². The first-order chi connectivity index (χ1) is 14.9. The van der Waals surface area contributed by atoms with Crippen LogP contribution in [0.15, 0.2) is 18.2 Å². The molecule has 2 amide bonds. The molecule has 5 atom stereocenters. The van der Waals surface area contributed by atoms with E-state index in [1.165, 1.54) is 6.07 Å². The molecular formula is C21H19F3N2O6. The number of fused-ring (bicyclic) bond motifs is 5. The molecule has 2 bridgehead atoms. The van der Waals surface area contributed by atoms with Crippen LogP contribution in [-0.4, -0.2) is 41.9 Å². The highest BCUT2D eigenvalue weighted by Crippen LogP contribution is 2.61. The van der Waals surface area contributed by atoms with E-state index < -0.39 is 64.4 Å². The Morgan fingerprint density at radius 1 is 1.28 bits per heavy atom. The third-order valence-electron chi connectivity index (χ3n) is 6.45. The molecule has 2 unspecified atom stereocenters. The fourth-order valence-corrected chi connectivity index (χ4v) is 5.18. The van der Waals surface area contributed by atoms with Gasteiger partial charge in [0.15, 0.2) is 0 Å². The van der Waals surface area contributed by atoms with Crippen LogP contribution in [0.25, 0.3) is 0 Å². The number of halogens is 3. The maximum atomic E-state index is 13.4. The molecule has 0 N–H and O–H groups in total. The average molecular weight is 452 g/mol. The van der Waals surface area contributed by atoms with Crippen molar-refractivity contribution in [2.45, 2.75) is 50.7 Å². The zero-order valence-corrected chi connectivity index (χ0v) is 17.4. The molecule has 3 heterocycles. The molecule has 0 radical (unpaired) electrons. The van der Waals surface area contributed by atoms with Crippen molar-refractivity contribution in [1.29, 1.82) is 5.26 Å². The number of nitrogens with zero attached hydrogens (tertiary/aromatic N) is 2. The summed E-state index contributed by atoms with van der Waals surface area (Å²) in [4.78, 5) is 39.1. The summed E-state index contributed by atoms with van der Waals surface area (Å²) in [6.07, 6.45) is -6.54. The van der Waals surface area contributed by atoms with E-state index in [9.17, 15) is 27.6 Å². The lowest BCUT2D eigenvalue weighted by molar-refractivity contribution is -0.138. The highest BCUT2D eigenvalue weighted by Gasteiger charge is 2.77. The Bertz CT molecular complexity index is 1070. The quantitative estimate of drug-likeness (QED) is 0.512. The molecule has 3 aliphatic heterocycles. The molecule has 3 aliphatic rings. The van der Waals surface area contributed by atoms with Gasteiger partial charge in [0.2, 0.25) is 11.8 Å². The molecule has 32 heavy (non-hydrogen) atoms. The summed E-state index contributed by atoms with van der Waals surface area (Å²) < 4.78 is 56.3. The maximum absolute atomic E-state index is 13.4. The molecule has 8 nitrogen and oxygen atoms in total. The Balaban J connectivity index is 1.72. The molecule has 1 aromatic rings. The Morgan fingerprint density at radius 2 is 1.94 bits per heavy atom. The van der Waals surface area contributed by atoms with Crippen LogP contribution in [-0.2, 0) is 30.0 Å². The van der Waals surface area contributed by atoms with Crippen LogP contribution >= 0.6 is 0 Å². The zero-order chi connectivity index (χ0) is 23.6. The molecule has 0 spiro atoms. The molecule has 3 fully saturated rings. The van der Waals surface area contributed by atoms with Crippen molar-refractivity contribution < 1.29 is 41.8 Å². The second-order valence-corrected chi connectivity index (χ2v) is 8.40. The van der Waals surface area contributed by atoms with E-state index >= 15 is 0 Å². The number of alkyl halides is 3. The summed E-state index contributed by atoms with van der Waals surface area (Å²) in [6, 6.07) is 4.14. The van der Waals surface area contributed by atoms with Crippen LogP contribution in [0.4, 0.5) is 23.7 Å². The number of hydrogen-bond donors (Lipinski definition) is 0. The van der Waals surface area contributed by atoms with E-state index in [1.807, 2.05) is 0 Å². The standard InChI is InChI=1S/C21H19F3N2O6/c1-4-30-18(29)31-13-8-19(2)14-15(20(13,3)32-19)17(28)26(16(14)27)11-6-5-10(9-25)12(7-11)21(22,23)24/h5-7,13-15H,4,8H2,1-3H3/t13-,14+,15-,19?,20?/m0/s1. The van der Waals surface area contributed by atoms with Crippen molar-refractivity contribution in [3.05, 3.63) is 29.3 Å². The molecule has 3 saturated heterocycles. The third-order valence-corrected chi connectivity index (χ3v) is 6.45. The van der Waals surface area contributed by atoms with Crippen LogP contribution in [0.2, 0.25) is 0 Å². The van der Waals surface area contributed by atoms with E-state index in [0.717, 1.165) is 12.1 Å². The number of rotatable bonds is 3. The molecule has 0 saturated carbocycles. The highest BCUT2D eigenvalue weighted by atomic mass is 19.4. The number of benzene rings is 1. The first-order valence-corrected chi connectivity index (χ1v) is 9.90. The number of hydrogen-bond acceptors (Lipinski definition) is 7. The van der Waals surface area contributed by atoms with Crippen LogP contribution in [0, 0.1) is 23.2 Å². The van der Waals surface area contributed by atoms with Gasteiger partial charge in [-0.2, -0.15) is 18.4 Å². The number of anilines is 1. The molecule has 0 aliphatic carbocycles. The SMILES string of the molecule is CCOC(=O)O[C@H]1CC2(C)OC1(C)[C@@H]1C(=O)N(c3ccc(C#N)c(C(F)(F)F)c3)C(=O)[C@@H]12. The van der Waals surface area contributed by atoms with Gasteiger partial charge in [0.1, 0.15) is 11.7 Å². The number of carbonyl (C=O) groups is 3.